The molecule has 0 aliphatic rings. The van der Waals surface area contributed by atoms with Crippen molar-refractivity contribution in [3.05, 3.63) is 68.2 Å². The predicted molar refractivity (Wildman–Crippen MR) is 77.2 cm³/mol. The van der Waals surface area contributed by atoms with Crippen LogP contribution in [-0.4, -0.2) is 17.8 Å². The Morgan fingerprint density at radius 3 is 2.60 bits per heavy atom. The van der Waals surface area contributed by atoms with E-state index >= 15 is 0 Å². The molecule has 102 valence electrons. The van der Waals surface area contributed by atoms with Gasteiger partial charge in [0.2, 0.25) is 0 Å². The molecular formula is C14H10BrNO4. The van der Waals surface area contributed by atoms with E-state index < -0.39 is 4.92 Å². The van der Waals surface area contributed by atoms with Crippen molar-refractivity contribution in [3.8, 4) is 5.75 Å². The second kappa shape index (κ2) is 5.83. The molecule has 0 fully saturated rings. The van der Waals surface area contributed by atoms with Gasteiger partial charge in [0.15, 0.2) is 5.78 Å². The van der Waals surface area contributed by atoms with E-state index in [0.29, 0.717) is 15.8 Å². The monoisotopic (exact) mass is 335 g/mol. The zero-order chi connectivity index (χ0) is 14.7. The topological polar surface area (TPSA) is 69.4 Å². The number of ketones is 1. The molecule has 2 aromatic carbocycles. The highest BCUT2D eigenvalue weighted by molar-refractivity contribution is 9.10. The molecule has 2 rings (SSSR count). The molecule has 0 aliphatic carbocycles. The van der Waals surface area contributed by atoms with Crippen LogP contribution in [0.15, 0.2) is 46.9 Å². The van der Waals surface area contributed by atoms with E-state index in [-0.39, 0.29) is 17.0 Å². The van der Waals surface area contributed by atoms with Crippen molar-refractivity contribution in [1.82, 2.24) is 0 Å². The third-order valence-electron chi connectivity index (χ3n) is 2.69. The lowest BCUT2D eigenvalue weighted by Crippen LogP contribution is -2.02. The number of rotatable bonds is 4. The number of nitro groups is 1. The predicted octanol–water partition coefficient (Wildman–Crippen LogP) is 3.60. The average molecular weight is 336 g/mol. The van der Waals surface area contributed by atoms with Crippen LogP contribution in [0.25, 0.3) is 0 Å². The van der Waals surface area contributed by atoms with Crippen molar-refractivity contribution in [1.29, 1.82) is 0 Å². The molecule has 0 saturated carbocycles. The van der Waals surface area contributed by atoms with E-state index in [0.717, 1.165) is 0 Å². The maximum absolute atomic E-state index is 12.3. The summed E-state index contributed by atoms with van der Waals surface area (Å²) < 4.78 is 5.54. The van der Waals surface area contributed by atoms with E-state index in [4.69, 9.17) is 4.74 Å². The van der Waals surface area contributed by atoms with Crippen LogP contribution in [-0.2, 0) is 0 Å². The fourth-order valence-corrected chi connectivity index (χ4v) is 2.22. The van der Waals surface area contributed by atoms with Crippen molar-refractivity contribution in [3.63, 3.8) is 0 Å². The number of hydrogen-bond donors (Lipinski definition) is 0. The Hall–Kier alpha value is -2.21. The molecule has 20 heavy (non-hydrogen) atoms. The summed E-state index contributed by atoms with van der Waals surface area (Å²) in [4.78, 5) is 22.6. The van der Waals surface area contributed by atoms with Gasteiger partial charge >= 0.3 is 0 Å². The van der Waals surface area contributed by atoms with Crippen molar-refractivity contribution < 1.29 is 14.5 Å². The summed E-state index contributed by atoms with van der Waals surface area (Å²) in [6, 6.07) is 10.8. The summed E-state index contributed by atoms with van der Waals surface area (Å²) >= 11 is 3.17. The van der Waals surface area contributed by atoms with Crippen molar-refractivity contribution in [2.24, 2.45) is 0 Å². The first-order valence-electron chi connectivity index (χ1n) is 5.65. The first kappa shape index (κ1) is 14.2. The molecule has 0 amide bonds. The Balaban J connectivity index is 2.44. The minimum atomic E-state index is -0.535. The molecule has 2 aromatic rings. The summed E-state index contributed by atoms with van der Waals surface area (Å²) in [7, 11) is 1.51. The van der Waals surface area contributed by atoms with Gasteiger partial charge in [-0.1, -0.05) is 28.1 Å². The van der Waals surface area contributed by atoms with Gasteiger partial charge in [-0.2, -0.15) is 0 Å². The Morgan fingerprint density at radius 1 is 1.20 bits per heavy atom. The molecule has 0 atom stereocenters. The van der Waals surface area contributed by atoms with Gasteiger partial charge in [0, 0.05) is 27.7 Å². The van der Waals surface area contributed by atoms with Gasteiger partial charge in [-0.25, -0.2) is 0 Å². The number of benzene rings is 2. The van der Waals surface area contributed by atoms with Gasteiger partial charge in [0.1, 0.15) is 5.75 Å². The smallest absolute Gasteiger partial charge is 0.271 e. The fourth-order valence-electron chi connectivity index (χ4n) is 1.74. The van der Waals surface area contributed by atoms with Crippen molar-refractivity contribution >= 4 is 27.4 Å². The molecule has 0 heterocycles. The largest absolute Gasteiger partial charge is 0.497 e. The first-order chi connectivity index (χ1) is 9.51. The Bertz CT molecular complexity index is 685. The van der Waals surface area contributed by atoms with Crippen LogP contribution in [0.4, 0.5) is 5.69 Å². The second-order valence-corrected chi connectivity index (χ2v) is 4.93. The van der Waals surface area contributed by atoms with E-state index in [1.165, 1.54) is 19.2 Å². The van der Waals surface area contributed by atoms with Crippen LogP contribution in [0.3, 0.4) is 0 Å². The lowest BCUT2D eigenvalue weighted by atomic mass is 10.0. The lowest BCUT2D eigenvalue weighted by Gasteiger charge is -2.05. The highest BCUT2D eigenvalue weighted by atomic mass is 79.9. The highest BCUT2D eigenvalue weighted by Crippen LogP contribution is 2.24. The summed E-state index contributed by atoms with van der Waals surface area (Å²) in [5.41, 5.74) is 0.529. The van der Waals surface area contributed by atoms with Crippen LogP contribution >= 0.6 is 15.9 Å². The van der Waals surface area contributed by atoms with Gasteiger partial charge in [0.05, 0.1) is 12.0 Å². The van der Waals surface area contributed by atoms with Gasteiger partial charge < -0.3 is 4.74 Å². The standard InChI is InChI=1S/C14H10BrNO4/c1-20-13-4-2-3-9(7-13)14(17)10-5-11(15)8-12(6-10)16(18)19/h2-8H,1H3. The third-order valence-corrected chi connectivity index (χ3v) is 3.15. The zero-order valence-electron chi connectivity index (χ0n) is 10.5. The maximum Gasteiger partial charge on any atom is 0.271 e. The zero-order valence-corrected chi connectivity index (χ0v) is 12.1. The number of halogens is 1. The third kappa shape index (κ3) is 3.03. The highest BCUT2D eigenvalue weighted by Gasteiger charge is 2.15. The van der Waals surface area contributed by atoms with Crippen molar-refractivity contribution in [2.45, 2.75) is 0 Å². The van der Waals surface area contributed by atoms with Crippen LogP contribution in [0.1, 0.15) is 15.9 Å². The molecule has 0 aromatic heterocycles. The molecule has 0 radical (unpaired) electrons. The van der Waals surface area contributed by atoms with Gasteiger partial charge in [-0.05, 0) is 18.2 Å². The van der Waals surface area contributed by atoms with Crippen molar-refractivity contribution in [2.75, 3.05) is 7.11 Å². The number of non-ortho nitro benzene ring substituents is 1. The average Bonchev–Trinajstić information content (AvgIpc) is 2.45. The molecule has 0 aliphatic heterocycles. The first-order valence-corrected chi connectivity index (χ1v) is 6.44. The van der Waals surface area contributed by atoms with Crippen LogP contribution in [0, 0.1) is 10.1 Å². The maximum atomic E-state index is 12.3. The SMILES string of the molecule is COc1cccc(C(=O)c2cc(Br)cc([N+](=O)[O-])c2)c1. The number of nitrogens with zero attached hydrogens (tertiary/aromatic N) is 1. The normalized spacial score (nSPS) is 10.1. The number of hydrogen-bond acceptors (Lipinski definition) is 4. The molecule has 6 heteroatoms. The van der Waals surface area contributed by atoms with Gasteiger partial charge in [-0.3, -0.25) is 14.9 Å². The van der Waals surface area contributed by atoms with Gasteiger partial charge in [-0.15, -0.1) is 0 Å². The molecular weight excluding hydrogens is 326 g/mol. The summed E-state index contributed by atoms with van der Waals surface area (Å²) in [5.74, 6) is 0.258. The van der Waals surface area contributed by atoms with E-state index in [1.807, 2.05) is 0 Å². The molecule has 0 spiro atoms. The summed E-state index contributed by atoms with van der Waals surface area (Å²) in [6.07, 6.45) is 0. The Labute approximate surface area is 123 Å². The van der Waals surface area contributed by atoms with E-state index in [9.17, 15) is 14.9 Å². The van der Waals surface area contributed by atoms with Gasteiger partial charge in [0.25, 0.3) is 5.69 Å². The van der Waals surface area contributed by atoms with Crippen LogP contribution in [0.5, 0.6) is 5.75 Å². The minimum Gasteiger partial charge on any atom is -0.497 e. The lowest BCUT2D eigenvalue weighted by molar-refractivity contribution is -0.384. The minimum absolute atomic E-state index is 0.134. The van der Waals surface area contributed by atoms with E-state index in [2.05, 4.69) is 15.9 Å². The summed E-state index contributed by atoms with van der Waals surface area (Å²) in [6.45, 7) is 0. The molecule has 0 unspecified atom stereocenters. The van der Waals surface area contributed by atoms with E-state index in [1.54, 1.807) is 30.3 Å². The summed E-state index contributed by atoms with van der Waals surface area (Å²) in [5, 5.41) is 10.8. The second-order valence-electron chi connectivity index (χ2n) is 4.02. The Kier molecular flexibility index (Phi) is 4.14. The quantitative estimate of drug-likeness (QED) is 0.486. The Morgan fingerprint density at radius 2 is 1.95 bits per heavy atom. The fraction of sp³-hybridized carbons (Fsp3) is 0.0714. The number of carbonyl (C=O) groups excluding carboxylic acids is 1. The molecule has 0 bridgehead atoms. The molecule has 0 N–H and O–H groups in total. The van der Waals surface area contributed by atoms with Crippen LogP contribution < -0.4 is 4.74 Å². The number of nitro benzene ring substituents is 1. The number of carbonyl (C=O) groups is 1. The molecule has 5 nitrogen and oxygen atoms in total. The van der Waals surface area contributed by atoms with Crippen LogP contribution in [0.2, 0.25) is 0 Å². The number of methoxy groups -OCH3 is 1. The molecule has 0 saturated heterocycles. The number of ether oxygens (including phenoxy) is 1.